The molecular formula is C18H13FN4O3. The average Bonchev–Trinajstić information content (AvgIpc) is 2.67. The molecule has 0 aliphatic carbocycles. The van der Waals surface area contributed by atoms with Crippen molar-refractivity contribution in [2.45, 2.75) is 6.54 Å². The molecule has 0 aliphatic rings. The highest BCUT2D eigenvalue weighted by atomic mass is 19.1. The fourth-order valence-electron chi connectivity index (χ4n) is 2.31. The third-order valence-electron chi connectivity index (χ3n) is 3.61. The molecule has 1 amide bonds. The van der Waals surface area contributed by atoms with Crippen LogP contribution in [0.1, 0.15) is 16.1 Å². The number of halogens is 1. The number of hydrogen-bond donors (Lipinski definition) is 1. The van der Waals surface area contributed by atoms with Crippen molar-refractivity contribution in [3.05, 3.63) is 88.1 Å². The van der Waals surface area contributed by atoms with Gasteiger partial charge in [0, 0.05) is 23.3 Å². The molecule has 1 heterocycles. The van der Waals surface area contributed by atoms with Crippen LogP contribution in [0, 0.1) is 15.9 Å². The Balaban J connectivity index is 1.71. The molecule has 1 aromatic heterocycles. The molecule has 0 unspecified atom stereocenters. The van der Waals surface area contributed by atoms with Gasteiger partial charge < -0.3 is 5.32 Å². The van der Waals surface area contributed by atoms with Crippen LogP contribution in [-0.4, -0.2) is 20.8 Å². The summed E-state index contributed by atoms with van der Waals surface area (Å²) in [5.41, 5.74) is 1.91. The second-order valence-corrected chi connectivity index (χ2v) is 5.39. The van der Waals surface area contributed by atoms with Gasteiger partial charge >= 0.3 is 0 Å². The minimum Gasteiger partial charge on any atom is -0.346 e. The van der Waals surface area contributed by atoms with Gasteiger partial charge in [-0.3, -0.25) is 14.9 Å². The highest BCUT2D eigenvalue weighted by Crippen LogP contribution is 2.17. The normalized spacial score (nSPS) is 10.3. The van der Waals surface area contributed by atoms with Gasteiger partial charge in [-0.1, -0.05) is 6.07 Å². The van der Waals surface area contributed by atoms with E-state index in [1.807, 2.05) is 0 Å². The van der Waals surface area contributed by atoms with E-state index in [9.17, 15) is 19.3 Å². The summed E-state index contributed by atoms with van der Waals surface area (Å²) >= 11 is 0. The zero-order valence-electron chi connectivity index (χ0n) is 13.4. The topological polar surface area (TPSA) is 98.0 Å². The molecule has 8 heteroatoms. The van der Waals surface area contributed by atoms with E-state index in [1.54, 1.807) is 18.2 Å². The second-order valence-electron chi connectivity index (χ2n) is 5.39. The molecule has 1 N–H and O–H groups in total. The molecule has 0 fully saturated rings. The van der Waals surface area contributed by atoms with Gasteiger partial charge in [-0.05, 0) is 36.4 Å². The number of non-ortho nitro benzene ring substituents is 1. The lowest BCUT2D eigenvalue weighted by Crippen LogP contribution is -2.23. The molecule has 0 radical (unpaired) electrons. The SMILES string of the molecule is O=C(NCc1cc(-c2ccc(F)cc2)ncn1)c1cccc([N+](=O)[O-])c1. The van der Waals surface area contributed by atoms with Crippen LogP contribution in [0.25, 0.3) is 11.3 Å². The standard InChI is InChI=1S/C18H13FN4O3/c19-14-6-4-12(5-7-14)17-9-15(21-11-22-17)10-20-18(24)13-2-1-3-16(8-13)23(25)26/h1-9,11H,10H2,(H,20,24). The Labute approximate surface area is 147 Å². The van der Waals surface area contributed by atoms with Gasteiger partial charge in [0.15, 0.2) is 0 Å². The van der Waals surface area contributed by atoms with Crippen LogP contribution in [0.15, 0.2) is 60.9 Å². The van der Waals surface area contributed by atoms with Crippen LogP contribution in [0.5, 0.6) is 0 Å². The number of benzene rings is 2. The molecule has 26 heavy (non-hydrogen) atoms. The van der Waals surface area contributed by atoms with E-state index >= 15 is 0 Å². The first-order chi connectivity index (χ1) is 12.5. The Bertz CT molecular complexity index is 961. The van der Waals surface area contributed by atoms with E-state index in [4.69, 9.17) is 0 Å². The molecule has 0 aliphatic heterocycles. The molecule has 3 rings (SSSR count). The van der Waals surface area contributed by atoms with Crippen LogP contribution in [-0.2, 0) is 6.54 Å². The van der Waals surface area contributed by atoms with Crippen molar-refractivity contribution in [3.8, 4) is 11.3 Å². The molecule has 2 aromatic carbocycles. The lowest BCUT2D eigenvalue weighted by molar-refractivity contribution is -0.384. The summed E-state index contributed by atoms with van der Waals surface area (Å²) in [4.78, 5) is 30.6. The van der Waals surface area contributed by atoms with E-state index in [2.05, 4.69) is 15.3 Å². The third-order valence-corrected chi connectivity index (χ3v) is 3.61. The Morgan fingerprint density at radius 1 is 1.12 bits per heavy atom. The van der Waals surface area contributed by atoms with Crippen LogP contribution in [0.2, 0.25) is 0 Å². The average molecular weight is 352 g/mol. The van der Waals surface area contributed by atoms with Gasteiger partial charge in [-0.2, -0.15) is 0 Å². The van der Waals surface area contributed by atoms with Crippen molar-refractivity contribution in [3.63, 3.8) is 0 Å². The fourth-order valence-corrected chi connectivity index (χ4v) is 2.31. The van der Waals surface area contributed by atoms with Crippen molar-refractivity contribution in [1.29, 1.82) is 0 Å². The molecule has 0 saturated carbocycles. The minimum atomic E-state index is -0.559. The maximum Gasteiger partial charge on any atom is 0.270 e. The highest BCUT2D eigenvalue weighted by Gasteiger charge is 2.11. The van der Waals surface area contributed by atoms with Crippen molar-refractivity contribution in [2.24, 2.45) is 0 Å². The molecule has 0 spiro atoms. The number of carbonyl (C=O) groups excluding carboxylic acids is 1. The minimum absolute atomic E-state index is 0.123. The largest absolute Gasteiger partial charge is 0.346 e. The summed E-state index contributed by atoms with van der Waals surface area (Å²) < 4.78 is 13.0. The van der Waals surface area contributed by atoms with Crippen molar-refractivity contribution >= 4 is 11.6 Å². The first kappa shape index (κ1) is 17.2. The Morgan fingerprint density at radius 3 is 2.62 bits per heavy atom. The summed E-state index contributed by atoms with van der Waals surface area (Å²) in [7, 11) is 0. The van der Waals surface area contributed by atoms with Crippen molar-refractivity contribution < 1.29 is 14.1 Å². The lowest BCUT2D eigenvalue weighted by atomic mass is 10.1. The number of aromatic nitrogens is 2. The second kappa shape index (κ2) is 7.47. The molecule has 3 aromatic rings. The summed E-state index contributed by atoms with van der Waals surface area (Å²) in [5, 5.41) is 13.4. The van der Waals surface area contributed by atoms with Gasteiger partial charge in [0.2, 0.25) is 0 Å². The maximum atomic E-state index is 13.0. The van der Waals surface area contributed by atoms with Crippen molar-refractivity contribution in [2.75, 3.05) is 0 Å². The number of nitrogens with one attached hydrogen (secondary N) is 1. The number of amides is 1. The Morgan fingerprint density at radius 2 is 1.88 bits per heavy atom. The number of nitro benzene ring substituents is 1. The Kier molecular flexibility index (Phi) is 4.93. The summed E-state index contributed by atoms with van der Waals surface area (Å²) in [5.74, 6) is -0.789. The van der Waals surface area contributed by atoms with E-state index in [0.717, 1.165) is 5.56 Å². The van der Waals surface area contributed by atoms with Crippen LogP contribution in [0.3, 0.4) is 0 Å². The van der Waals surface area contributed by atoms with Gasteiger partial charge in [0.1, 0.15) is 12.1 Å². The number of rotatable bonds is 5. The van der Waals surface area contributed by atoms with E-state index in [0.29, 0.717) is 11.4 Å². The number of carbonyl (C=O) groups is 1. The van der Waals surface area contributed by atoms with Crippen LogP contribution in [0.4, 0.5) is 10.1 Å². The Hall–Kier alpha value is -3.68. The monoisotopic (exact) mass is 352 g/mol. The van der Waals surface area contributed by atoms with E-state index in [-0.39, 0.29) is 23.6 Å². The van der Waals surface area contributed by atoms with Gasteiger partial charge in [-0.25, -0.2) is 14.4 Å². The van der Waals surface area contributed by atoms with Crippen LogP contribution < -0.4 is 5.32 Å². The van der Waals surface area contributed by atoms with Gasteiger partial charge in [0.05, 0.1) is 22.9 Å². The smallest absolute Gasteiger partial charge is 0.270 e. The molecule has 0 atom stereocenters. The maximum absolute atomic E-state index is 13.0. The number of nitro groups is 1. The first-order valence-electron chi connectivity index (χ1n) is 7.62. The molecule has 0 saturated heterocycles. The third kappa shape index (κ3) is 4.04. The number of hydrogen-bond acceptors (Lipinski definition) is 5. The highest BCUT2D eigenvalue weighted by molar-refractivity contribution is 5.94. The van der Waals surface area contributed by atoms with E-state index < -0.39 is 10.8 Å². The van der Waals surface area contributed by atoms with Crippen molar-refractivity contribution in [1.82, 2.24) is 15.3 Å². The van der Waals surface area contributed by atoms with Gasteiger partial charge in [-0.15, -0.1) is 0 Å². The zero-order valence-corrected chi connectivity index (χ0v) is 13.4. The van der Waals surface area contributed by atoms with E-state index in [1.165, 1.54) is 42.7 Å². The lowest BCUT2D eigenvalue weighted by Gasteiger charge is -2.06. The summed E-state index contributed by atoms with van der Waals surface area (Å²) in [6, 6.07) is 13.0. The predicted molar refractivity (Wildman–Crippen MR) is 91.7 cm³/mol. The first-order valence-corrected chi connectivity index (χ1v) is 7.62. The quantitative estimate of drug-likeness (QED) is 0.562. The van der Waals surface area contributed by atoms with Gasteiger partial charge in [0.25, 0.3) is 11.6 Å². The number of nitrogens with zero attached hydrogens (tertiary/aromatic N) is 3. The zero-order chi connectivity index (χ0) is 18.5. The summed E-state index contributed by atoms with van der Waals surface area (Å²) in [6.45, 7) is 0.123. The fraction of sp³-hybridized carbons (Fsp3) is 0.0556. The molecule has 0 bridgehead atoms. The predicted octanol–water partition coefficient (Wildman–Crippen LogP) is 3.12. The summed E-state index contributed by atoms with van der Waals surface area (Å²) in [6.07, 6.45) is 1.35. The molecule has 7 nitrogen and oxygen atoms in total. The molecular weight excluding hydrogens is 339 g/mol. The molecule has 130 valence electrons. The van der Waals surface area contributed by atoms with Crippen LogP contribution >= 0.6 is 0 Å².